The van der Waals surface area contributed by atoms with E-state index in [-0.39, 0.29) is 5.91 Å². The quantitative estimate of drug-likeness (QED) is 0.904. The molecule has 1 N–H and O–H groups in total. The van der Waals surface area contributed by atoms with Crippen LogP contribution < -0.4 is 5.32 Å². The molecule has 2 aromatic heterocycles. The second kappa shape index (κ2) is 5.11. The predicted octanol–water partition coefficient (Wildman–Crippen LogP) is 2.13. The van der Waals surface area contributed by atoms with E-state index in [0.29, 0.717) is 36.0 Å². The van der Waals surface area contributed by atoms with Crippen molar-refractivity contribution >= 4 is 5.91 Å². The number of hydrogen-bond donors (Lipinski definition) is 1. The molecule has 6 heteroatoms. The number of carbonyl (C=O) groups excluding carboxylic acids is 1. The maximum absolute atomic E-state index is 12.0. The van der Waals surface area contributed by atoms with E-state index >= 15 is 0 Å². The van der Waals surface area contributed by atoms with Crippen molar-refractivity contribution in [1.82, 2.24) is 15.5 Å². The third-order valence-electron chi connectivity index (χ3n) is 3.33. The SMILES string of the molecule is Cc1cc(C(=O)NCCc2noc(C3CC3)n2)c(C)o1. The molecule has 0 aromatic carbocycles. The van der Waals surface area contributed by atoms with Gasteiger partial charge in [-0.2, -0.15) is 4.98 Å². The van der Waals surface area contributed by atoms with Crippen molar-refractivity contribution in [1.29, 1.82) is 0 Å². The van der Waals surface area contributed by atoms with Gasteiger partial charge in [0.25, 0.3) is 5.91 Å². The van der Waals surface area contributed by atoms with Crippen molar-refractivity contribution in [3.05, 3.63) is 34.9 Å². The van der Waals surface area contributed by atoms with Crippen LogP contribution in [0.1, 0.15) is 52.4 Å². The average Bonchev–Trinajstić information content (AvgIpc) is 3.06. The van der Waals surface area contributed by atoms with E-state index in [1.807, 2.05) is 6.92 Å². The molecule has 0 aliphatic heterocycles. The van der Waals surface area contributed by atoms with Crippen LogP contribution in [0.5, 0.6) is 0 Å². The van der Waals surface area contributed by atoms with Gasteiger partial charge in [0.2, 0.25) is 5.89 Å². The van der Waals surface area contributed by atoms with Crippen LogP contribution in [0, 0.1) is 13.8 Å². The van der Waals surface area contributed by atoms with Gasteiger partial charge in [0.1, 0.15) is 11.5 Å². The molecule has 6 nitrogen and oxygen atoms in total. The van der Waals surface area contributed by atoms with E-state index in [4.69, 9.17) is 8.94 Å². The number of carbonyl (C=O) groups is 1. The van der Waals surface area contributed by atoms with Crippen LogP contribution in [0.4, 0.5) is 0 Å². The minimum Gasteiger partial charge on any atom is -0.466 e. The van der Waals surface area contributed by atoms with Crippen molar-refractivity contribution < 1.29 is 13.7 Å². The summed E-state index contributed by atoms with van der Waals surface area (Å²) in [6, 6.07) is 1.74. The Hall–Kier alpha value is -2.11. The summed E-state index contributed by atoms with van der Waals surface area (Å²) < 4.78 is 10.5. The van der Waals surface area contributed by atoms with E-state index in [9.17, 15) is 4.79 Å². The second-order valence-electron chi connectivity index (χ2n) is 5.16. The predicted molar refractivity (Wildman–Crippen MR) is 70.5 cm³/mol. The zero-order valence-electron chi connectivity index (χ0n) is 11.6. The molecule has 1 aliphatic carbocycles. The van der Waals surface area contributed by atoms with Gasteiger partial charge < -0.3 is 14.3 Å². The molecule has 0 spiro atoms. The molecule has 2 aromatic rings. The van der Waals surface area contributed by atoms with Crippen LogP contribution in [-0.2, 0) is 6.42 Å². The molecular formula is C14H17N3O3. The summed E-state index contributed by atoms with van der Waals surface area (Å²) in [5.41, 5.74) is 0.578. The van der Waals surface area contributed by atoms with Gasteiger partial charge in [0.05, 0.1) is 5.56 Å². The summed E-state index contributed by atoms with van der Waals surface area (Å²) in [5, 5.41) is 6.75. The Morgan fingerprint density at radius 2 is 2.25 bits per heavy atom. The summed E-state index contributed by atoms with van der Waals surface area (Å²) in [5.74, 6) is 3.07. The summed E-state index contributed by atoms with van der Waals surface area (Å²) in [6.45, 7) is 4.08. The highest BCUT2D eigenvalue weighted by Crippen LogP contribution is 2.38. The molecule has 1 aliphatic rings. The lowest BCUT2D eigenvalue weighted by Crippen LogP contribution is -2.26. The molecule has 106 valence electrons. The minimum atomic E-state index is -0.134. The third-order valence-corrected chi connectivity index (χ3v) is 3.33. The van der Waals surface area contributed by atoms with Crippen LogP contribution in [0.3, 0.4) is 0 Å². The number of nitrogens with zero attached hydrogens (tertiary/aromatic N) is 2. The maximum Gasteiger partial charge on any atom is 0.254 e. The zero-order chi connectivity index (χ0) is 14.1. The smallest absolute Gasteiger partial charge is 0.254 e. The lowest BCUT2D eigenvalue weighted by Gasteiger charge is -2.01. The summed E-state index contributed by atoms with van der Waals surface area (Å²) >= 11 is 0. The van der Waals surface area contributed by atoms with Gasteiger partial charge in [-0.05, 0) is 32.8 Å². The van der Waals surface area contributed by atoms with Gasteiger partial charge in [-0.25, -0.2) is 0 Å². The molecule has 3 rings (SSSR count). The third kappa shape index (κ3) is 2.74. The van der Waals surface area contributed by atoms with Gasteiger partial charge in [-0.3, -0.25) is 4.79 Å². The number of nitrogens with one attached hydrogen (secondary N) is 1. The molecule has 0 unspecified atom stereocenters. The Morgan fingerprint density at radius 1 is 1.45 bits per heavy atom. The maximum atomic E-state index is 12.0. The van der Waals surface area contributed by atoms with Crippen molar-refractivity contribution in [3.63, 3.8) is 0 Å². The van der Waals surface area contributed by atoms with Crippen molar-refractivity contribution in [3.8, 4) is 0 Å². The van der Waals surface area contributed by atoms with E-state index in [1.165, 1.54) is 0 Å². The number of amides is 1. The van der Waals surface area contributed by atoms with E-state index in [1.54, 1.807) is 13.0 Å². The summed E-state index contributed by atoms with van der Waals surface area (Å²) in [6.07, 6.45) is 2.84. The van der Waals surface area contributed by atoms with Gasteiger partial charge in [-0.15, -0.1) is 0 Å². The van der Waals surface area contributed by atoms with Crippen molar-refractivity contribution in [2.75, 3.05) is 6.54 Å². The van der Waals surface area contributed by atoms with Crippen LogP contribution in [0.15, 0.2) is 15.0 Å². The van der Waals surface area contributed by atoms with Crippen molar-refractivity contribution in [2.24, 2.45) is 0 Å². The first kappa shape index (κ1) is 12.9. The molecule has 1 fully saturated rings. The highest BCUT2D eigenvalue weighted by atomic mass is 16.5. The zero-order valence-corrected chi connectivity index (χ0v) is 11.6. The molecule has 0 saturated heterocycles. The lowest BCUT2D eigenvalue weighted by atomic mass is 10.2. The topological polar surface area (TPSA) is 81.2 Å². The fraction of sp³-hybridized carbons (Fsp3) is 0.500. The number of aromatic nitrogens is 2. The first-order valence-electron chi connectivity index (χ1n) is 6.81. The molecular weight excluding hydrogens is 258 g/mol. The second-order valence-corrected chi connectivity index (χ2v) is 5.16. The largest absolute Gasteiger partial charge is 0.466 e. The van der Waals surface area contributed by atoms with Crippen molar-refractivity contribution in [2.45, 2.75) is 39.0 Å². The first-order chi connectivity index (χ1) is 9.63. The summed E-state index contributed by atoms with van der Waals surface area (Å²) in [7, 11) is 0. The Bertz CT molecular complexity index is 625. The minimum absolute atomic E-state index is 0.134. The van der Waals surface area contributed by atoms with Gasteiger partial charge in [0, 0.05) is 18.9 Å². The molecule has 20 heavy (non-hydrogen) atoms. The summed E-state index contributed by atoms with van der Waals surface area (Å²) in [4.78, 5) is 16.3. The highest BCUT2D eigenvalue weighted by Gasteiger charge is 2.29. The Labute approximate surface area is 116 Å². The fourth-order valence-corrected chi connectivity index (χ4v) is 2.10. The monoisotopic (exact) mass is 275 g/mol. The number of rotatable bonds is 5. The van der Waals surface area contributed by atoms with E-state index in [2.05, 4.69) is 15.5 Å². The number of hydrogen-bond acceptors (Lipinski definition) is 5. The molecule has 0 bridgehead atoms. The van der Waals surface area contributed by atoms with Crippen LogP contribution in [0.25, 0.3) is 0 Å². The first-order valence-corrected chi connectivity index (χ1v) is 6.81. The Kier molecular flexibility index (Phi) is 3.30. The molecule has 1 amide bonds. The lowest BCUT2D eigenvalue weighted by molar-refractivity contribution is 0.0952. The molecule has 0 atom stereocenters. The molecule has 1 saturated carbocycles. The van der Waals surface area contributed by atoms with Crippen LogP contribution in [-0.4, -0.2) is 22.6 Å². The standard InChI is InChI=1S/C14H17N3O3/c1-8-7-11(9(2)19-8)13(18)15-6-5-12-16-14(20-17-12)10-3-4-10/h7,10H,3-6H2,1-2H3,(H,15,18). The molecule has 0 radical (unpaired) electrons. The highest BCUT2D eigenvalue weighted by molar-refractivity contribution is 5.95. The van der Waals surface area contributed by atoms with E-state index in [0.717, 1.165) is 24.5 Å². The van der Waals surface area contributed by atoms with Gasteiger partial charge in [0.15, 0.2) is 5.82 Å². The van der Waals surface area contributed by atoms with E-state index < -0.39 is 0 Å². The van der Waals surface area contributed by atoms with Crippen LogP contribution >= 0.6 is 0 Å². The van der Waals surface area contributed by atoms with Crippen LogP contribution in [0.2, 0.25) is 0 Å². The normalized spacial score (nSPS) is 14.5. The molecule has 2 heterocycles. The number of furan rings is 1. The Balaban J connectivity index is 1.51. The average molecular weight is 275 g/mol. The van der Waals surface area contributed by atoms with Gasteiger partial charge >= 0.3 is 0 Å². The Morgan fingerprint density at radius 3 is 2.90 bits per heavy atom. The fourth-order valence-electron chi connectivity index (χ4n) is 2.10. The van der Waals surface area contributed by atoms with Gasteiger partial charge in [-0.1, -0.05) is 5.16 Å². The number of aryl methyl sites for hydroxylation is 2.